The summed E-state index contributed by atoms with van der Waals surface area (Å²) in [7, 11) is 0. The maximum absolute atomic E-state index is 5.58. The minimum Gasteiger partial charge on any atom is -0.304 e. The van der Waals surface area contributed by atoms with E-state index in [2.05, 4.69) is 35.2 Å². The minimum atomic E-state index is 0.189. The van der Waals surface area contributed by atoms with E-state index in [1.165, 1.54) is 0 Å². The maximum Gasteiger partial charge on any atom is 0.0487 e. The predicted molar refractivity (Wildman–Crippen MR) is 66.7 cm³/mol. The van der Waals surface area contributed by atoms with E-state index in [1.54, 1.807) is 6.20 Å². The van der Waals surface area contributed by atoms with E-state index in [4.69, 9.17) is 5.84 Å². The first-order chi connectivity index (χ1) is 7.81. The van der Waals surface area contributed by atoms with Crippen molar-refractivity contribution in [2.45, 2.75) is 26.3 Å². The van der Waals surface area contributed by atoms with E-state index in [-0.39, 0.29) is 6.04 Å². The lowest BCUT2D eigenvalue weighted by Crippen LogP contribution is -2.32. The molecule has 0 saturated carbocycles. The topological polar surface area (TPSA) is 54.2 Å². The summed E-state index contributed by atoms with van der Waals surface area (Å²) in [5.41, 5.74) is 4.01. The van der Waals surface area contributed by atoms with Gasteiger partial charge in [0.2, 0.25) is 0 Å². The molecule has 90 valence electrons. The van der Waals surface area contributed by atoms with Gasteiger partial charge in [-0.15, -0.1) is 0 Å². The molecule has 1 rings (SSSR count). The average molecular weight is 222 g/mol. The molecular weight excluding hydrogens is 200 g/mol. The number of pyridine rings is 1. The van der Waals surface area contributed by atoms with Gasteiger partial charge < -0.3 is 4.90 Å². The summed E-state index contributed by atoms with van der Waals surface area (Å²) in [6.07, 6.45) is 4.65. The summed E-state index contributed by atoms with van der Waals surface area (Å²) in [4.78, 5) is 6.50. The van der Waals surface area contributed by atoms with Crippen molar-refractivity contribution < 1.29 is 0 Å². The van der Waals surface area contributed by atoms with Crippen molar-refractivity contribution in [3.63, 3.8) is 0 Å². The van der Waals surface area contributed by atoms with Crippen molar-refractivity contribution in [3.05, 3.63) is 30.1 Å². The number of hydrazine groups is 1. The van der Waals surface area contributed by atoms with Crippen LogP contribution in [0, 0.1) is 0 Å². The lowest BCUT2D eigenvalue weighted by Gasteiger charge is -2.22. The monoisotopic (exact) mass is 222 g/mol. The van der Waals surface area contributed by atoms with Crippen molar-refractivity contribution in [2.75, 3.05) is 19.6 Å². The quantitative estimate of drug-likeness (QED) is 0.539. The third-order valence-corrected chi connectivity index (χ3v) is 2.92. The highest BCUT2D eigenvalue weighted by Gasteiger charge is 2.10. The fourth-order valence-electron chi connectivity index (χ4n) is 1.78. The van der Waals surface area contributed by atoms with Crippen LogP contribution in [-0.2, 0) is 0 Å². The first-order valence-corrected chi connectivity index (χ1v) is 5.90. The Morgan fingerprint density at radius 1 is 1.44 bits per heavy atom. The summed E-state index contributed by atoms with van der Waals surface area (Å²) < 4.78 is 0. The van der Waals surface area contributed by atoms with E-state index in [9.17, 15) is 0 Å². The van der Waals surface area contributed by atoms with E-state index < -0.39 is 0 Å². The Morgan fingerprint density at radius 3 is 2.69 bits per heavy atom. The van der Waals surface area contributed by atoms with Gasteiger partial charge in [-0.25, -0.2) is 0 Å². The molecule has 0 aliphatic rings. The highest BCUT2D eigenvalue weighted by molar-refractivity contribution is 5.13. The van der Waals surface area contributed by atoms with Gasteiger partial charge in [0.1, 0.15) is 0 Å². The number of rotatable bonds is 7. The zero-order chi connectivity index (χ0) is 11.8. The molecule has 4 nitrogen and oxygen atoms in total. The molecule has 0 amide bonds. The van der Waals surface area contributed by atoms with Crippen LogP contribution in [0.15, 0.2) is 24.5 Å². The van der Waals surface area contributed by atoms with Crippen LogP contribution >= 0.6 is 0 Å². The third kappa shape index (κ3) is 3.89. The molecule has 16 heavy (non-hydrogen) atoms. The fraction of sp³-hybridized carbons (Fsp3) is 0.583. The van der Waals surface area contributed by atoms with Crippen molar-refractivity contribution in [2.24, 2.45) is 5.84 Å². The molecule has 3 N–H and O–H groups in total. The van der Waals surface area contributed by atoms with Gasteiger partial charge in [0, 0.05) is 18.4 Å². The number of nitrogens with zero attached hydrogens (tertiary/aromatic N) is 2. The van der Waals surface area contributed by atoms with Crippen molar-refractivity contribution in [1.82, 2.24) is 15.3 Å². The summed E-state index contributed by atoms with van der Waals surface area (Å²) in [6, 6.07) is 4.19. The summed E-state index contributed by atoms with van der Waals surface area (Å²) in [5.74, 6) is 5.58. The summed E-state index contributed by atoms with van der Waals surface area (Å²) >= 11 is 0. The Hall–Kier alpha value is -0.970. The molecular formula is C12H22N4. The van der Waals surface area contributed by atoms with Gasteiger partial charge >= 0.3 is 0 Å². The lowest BCUT2D eigenvalue weighted by atomic mass is 10.1. The molecule has 0 bridgehead atoms. The Balaban J connectivity index is 2.50. The van der Waals surface area contributed by atoms with Gasteiger partial charge in [-0.1, -0.05) is 19.9 Å². The second-order valence-corrected chi connectivity index (χ2v) is 3.82. The van der Waals surface area contributed by atoms with E-state index in [0.717, 1.165) is 31.6 Å². The molecule has 1 aromatic rings. The molecule has 0 saturated heterocycles. The van der Waals surface area contributed by atoms with Gasteiger partial charge in [0.25, 0.3) is 0 Å². The van der Waals surface area contributed by atoms with Gasteiger partial charge in [0.15, 0.2) is 0 Å². The van der Waals surface area contributed by atoms with Crippen LogP contribution in [0.2, 0.25) is 0 Å². The molecule has 0 aromatic carbocycles. The first-order valence-electron chi connectivity index (χ1n) is 5.90. The third-order valence-electron chi connectivity index (χ3n) is 2.92. The van der Waals surface area contributed by atoms with Crippen LogP contribution in [0.3, 0.4) is 0 Å². The SMILES string of the molecule is CCN(CC)CCC(NN)c1cccnc1. The van der Waals surface area contributed by atoms with Gasteiger partial charge in [-0.05, 0) is 37.7 Å². The second kappa shape index (κ2) is 7.33. The molecule has 4 heteroatoms. The largest absolute Gasteiger partial charge is 0.304 e. The zero-order valence-electron chi connectivity index (χ0n) is 10.2. The number of aromatic nitrogens is 1. The van der Waals surface area contributed by atoms with E-state index >= 15 is 0 Å². The molecule has 1 unspecified atom stereocenters. The number of hydrogen-bond acceptors (Lipinski definition) is 4. The standard InChI is InChI=1S/C12H22N4/c1-3-16(4-2)9-7-12(15-13)11-6-5-8-14-10-11/h5-6,8,10,12,15H,3-4,7,9,13H2,1-2H3. The molecule has 0 aliphatic carbocycles. The van der Waals surface area contributed by atoms with Crippen molar-refractivity contribution >= 4 is 0 Å². The van der Waals surface area contributed by atoms with Gasteiger partial charge in [0.05, 0.1) is 0 Å². The highest BCUT2D eigenvalue weighted by Crippen LogP contribution is 2.14. The lowest BCUT2D eigenvalue weighted by molar-refractivity contribution is 0.282. The van der Waals surface area contributed by atoms with Gasteiger partial charge in [-0.2, -0.15) is 0 Å². The number of nitrogens with two attached hydrogens (primary N) is 1. The normalized spacial score (nSPS) is 13.0. The maximum atomic E-state index is 5.58. The summed E-state index contributed by atoms with van der Waals surface area (Å²) in [5, 5.41) is 0. The van der Waals surface area contributed by atoms with Crippen LogP contribution in [0.1, 0.15) is 31.9 Å². The van der Waals surface area contributed by atoms with Crippen LogP contribution in [-0.4, -0.2) is 29.5 Å². The molecule has 0 fully saturated rings. The van der Waals surface area contributed by atoms with Crippen LogP contribution < -0.4 is 11.3 Å². The van der Waals surface area contributed by atoms with Crippen LogP contribution in [0.25, 0.3) is 0 Å². The van der Waals surface area contributed by atoms with E-state index in [0.29, 0.717) is 0 Å². The Kier molecular flexibility index (Phi) is 6.00. The Labute approximate surface area is 97.8 Å². The molecule has 1 heterocycles. The molecule has 1 atom stereocenters. The molecule has 0 spiro atoms. The molecule has 0 radical (unpaired) electrons. The summed E-state index contributed by atoms with van der Waals surface area (Å²) in [6.45, 7) is 7.58. The smallest absolute Gasteiger partial charge is 0.0487 e. The fourth-order valence-corrected chi connectivity index (χ4v) is 1.78. The van der Waals surface area contributed by atoms with Crippen molar-refractivity contribution in [3.8, 4) is 0 Å². The highest BCUT2D eigenvalue weighted by atomic mass is 15.2. The zero-order valence-corrected chi connectivity index (χ0v) is 10.2. The molecule has 0 aliphatic heterocycles. The van der Waals surface area contributed by atoms with E-state index in [1.807, 2.05) is 12.3 Å². The second-order valence-electron chi connectivity index (χ2n) is 3.82. The Bertz CT molecular complexity index is 272. The average Bonchev–Trinajstić information content (AvgIpc) is 2.36. The van der Waals surface area contributed by atoms with Crippen LogP contribution in [0.5, 0.6) is 0 Å². The van der Waals surface area contributed by atoms with Gasteiger partial charge in [-0.3, -0.25) is 16.3 Å². The Morgan fingerprint density at radius 2 is 2.19 bits per heavy atom. The number of hydrogen-bond donors (Lipinski definition) is 2. The van der Waals surface area contributed by atoms with Crippen molar-refractivity contribution in [1.29, 1.82) is 0 Å². The molecule has 1 aromatic heterocycles. The van der Waals surface area contributed by atoms with Crippen LogP contribution in [0.4, 0.5) is 0 Å². The number of nitrogens with one attached hydrogen (secondary N) is 1. The minimum absolute atomic E-state index is 0.189. The first kappa shape index (κ1) is 13.1. The predicted octanol–water partition coefficient (Wildman–Crippen LogP) is 1.32.